The number of nitrogens with one attached hydrogen (secondary N) is 1. The molecule has 5 heteroatoms. The first-order valence-corrected chi connectivity index (χ1v) is 7.46. The zero-order valence-electron chi connectivity index (χ0n) is 12.4. The van der Waals surface area contributed by atoms with Crippen LogP contribution < -0.4 is 10.1 Å². The van der Waals surface area contributed by atoms with Gasteiger partial charge in [-0.25, -0.2) is 0 Å². The van der Waals surface area contributed by atoms with E-state index in [4.69, 9.17) is 4.74 Å². The fourth-order valence-corrected chi connectivity index (χ4v) is 2.38. The van der Waals surface area contributed by atoms with Crippen LogP contribution in [0.15, 0.2) is 24.3 Å². The number of amides is 2. The van der Waals surface area contributed by atoms with Crippen LogP contribution in [0.3, 0.4) is 0 Å². The number of ether oxygens (including phenoxy) is 1. The smallest absolute Gasteiger partial charge is 0.258 e. The van der Waals surface area contributed by atoms with Gasteiger partial charge in [-0.15, -0.1) is 0 Å². The molecule has 0 atom stereocenters. The van der Waals surface area contributed by atoms with Gasteiger partial charge in [0.2, 0.25) is 5.91 Å². The molecule has 1 heterocycles. The van der Waals surface area contributed by atoms with Crippen LogP contribution in [0.5, 0.6) is 5.75 Å². The summed E-state index contributed by atoms with van der Waals surface area (Å²) in [6.45, 7) is 3.63. The third kappa shape index (κ3) is 4.48. The van der Waals surface area contributed by atoms with Crippen molar-refractivity contribution < 1.29 is 14.3 Å². The van der Waals surface area contributed by atoms with Gasteiger partial charge < -0.3 is 15.0 Å². The van der Waals surface area contributed by atoms with Crippen LogP contribution in [0.1, 0.15) is 25.3 Å². The van der Waals surface area contributed by atoms with Crippen molar-refractivity contribution in [1.82, 2.24) is 10.2 Å². The van der Waals surface area contributed by atoms with Gasteiger partial charge in [-0.05, 0) is 30.9 Å². The van der Waals surface area contributed by atoms with Crippen LogP contribution in [0.4, 0.5) is 0 Å². The first-order valence-electron chi connectivity index (χ1n) is 7.46. The summed E-state index contributed by atoms with van der Waals surface area (Å²) in [6.07, 6.45) is 2.96. The highest BCUT2D eigenvalue weighted by Gasteiger charge is 2.18. The number of nitrogens with zero attached hydrogens (tertiary/aromatic N) is 1. The molecule has 2 rings (SSSR count). The maximum Gasteiger partial charge on any atom is 0.258 e. The summed E-state index contributed by atoms with van der Waals surface area (Å²) in [5.74, 6) is 0.435. The number of rotatable bonds is 6. The zero-order valence-corrected chi connectivity index (χ0v) is 12.4. The van der Waals surface area contributed by atoms with Crippen molar-refractivity contribution in [2.24, 2.45) is 0 Å². The molecule has 0 saturated carbocycles. The number of carbonyl (C=O) groups excluding carboxylic acids is 2. The minimum absolute atomic E-state index is 0.0187. The molecule has 0 aromatic heterocycles. The quantitative estimate of drug-likeness (QED) is 0.861. The van der Waals surface area contributed by atoms with E-state index in [0.717, 1.165) is 43.7 Å². The van der Waals surface area contributed by atoms with Gasteiger partial charge in [-0.1, -0.05) is 25.1 Å². The van der Waals surface area contributed by atoms with Gasteiger partial charge in [0.1, 0.15) is 5.75 Å². The molecule has 5 nitrogen and oxygen atoms in total. The van der Waals surface area contributed by atoms with E-state index in [1.54, 1.807) is 4.90 Å². The molecular formula is C16H22N2O3. The lowest BCUT2D eigenvalue weighted by molar-refractivity contribution is -0.132. The summed E-state index contributed by atoms with van der Waals surface area (Å²) < 4.78 is 5.51. The van der Waals surface area contributed by atoms with E-state index in [-0.39, 0.29) is 25.0 Å². The Labute approximate surface area is 125 Å². The first-order chi connectivity index (χ1) is 10.2. The Morgan fingerprint density at radius 1 is 1.24 bits per heavy atom. The maximum atomic E-state index is 11.8. The molecule has 2 amide bonds. The number of carbonyl (C=O) groups is 2. The summed E-state index contributed by atoms with van der Waals surface area (Å²) in [7, 11) is 0. The van der Waals surface area contributed by atoms with E-state index in [9.17, 15) is 9.59 Å². The molecular weight excluding hydrogens is 268 g/mol. The minimum atomic E-state index is -0.270. The number of hydrogen-bond donors (Lipinski definition) is 1. The van der Waals surface area contributed by atoms with Crippen molar-refractivity contribution in [1.29, 1.82) is 0 Å². The molecule has 1 aliphatic rings. The van der Waals surface area contributed by atoms with Gasteiger partial charge in [-0.3, -0.25) is 9.59 Å². The average molecular weight is 290 g/mol. The van der Waals surface area contributed by atoms with Gasteiger partial charge in [0.15, 0.2) is 6.61 Å². The van der Waals surface area contributed by atoms with Gasteiger partial charge >= 0.3 is 0 Å². The summed E-state index contributed by atoms with van der Waals surface area (Å²) >= 11 is 0. The lowest BCUT2D eigenvalue weighted by Gasteiger charge is -2.15. The molecule has 0 unspecified atom stereocenters. The highest BCUT2D eigenvalue weighted by Crippen LogP contribution is 2.17. The Morgan fingerprint density at radius 3 is 2.67 bits per heavy atom. The average Bonchev–Trinajstić information content (AvgIpc) is 3.05. The van der Waals surface area contributed by atoms with Crippen molar-refractivity contribution >= 4 is 11.8 Å². The van der Waals surface area contributed by atoms with Crippen LogP contribution in [-0.4, -0.2) is 43.0 Å². The van der Waals surface area contributed by atoms with E-state index in [2.05, 4.69) is 5.32 Å². The lowest BCUT2D eigenvalue weighted by atomic mass is 10.1. The predicted molar refractivity (Wildman–Crippen MR) is 80.1 cm³/mol. The van der Waals surface area contributed by atoms with E-state index < -0.39 is 0 Å². The summed E-state index contributed by atoms with van der Waals surface area (Å²) in [5.41, 5.74) is 1.07. The van der Waals surface area contributed by atoms with Crippen LogP contribution in [-0.2, 0) is 16.0 Å². The Kier molecular flexibility index (Phi) is 5.60. The molecule has 0 bridgehead atoms. The maximum absolute atomic E-state index is 11.8. The van der Waals surface area contributed by atoms with Crippen molar-refractivity contribution in [3.8, 4) is 5.75 Å². The SMILES string of the molecule is CCc1ccccc1OCC(=O)NCC(=O)N1CCCC1. The highest BCUT2D eigenvalue weighted by molar-refractivity contribution is 5.85. The molecule has 114 valence electrons. The monoisotopic (exact) mass is 290 g/mol. The zero-order chi connectivity index (χ0) is 15.1. The van der Waals surface area contributed by atoms with Crippen molar-refractivity contribution in [3.05, 3.63) is 29.8 Å². The van der Waals surface area contributed by atoms with Crippen LogP contribution in [0.25, 0.3) is 0 Å². The van der Waals surface area contributed by atoms with Crippen molar-refractivity contribution in [2.45, 2.75) is 26.2 Å². The number of aryl methyl sites for hydroxylation is 1. The van der Waals surface area contributed by atoms with Crippen LogP contribution >= 0.6 is 0 Å². The number of benzene rings is 1. The first kappa shape index (κ1) is 15.4. The number of hydrogen-bond acceptors (Lipinski definition) is 3. The van der Waals surface area contributed by atoms with Crippen LogP contribution in [0, 0.1) is 0 Å². The fourth-order valence-electron chi connectivity index (χ4n) is 2.38. The molecule has 1 aromatic rings. The summed E-state index contributed by atoms with van der Waals surface area (Å²) in [4.78, 5) is 25.3. The minimum Gasteiger partial charge on any atom is -0.483 e. The van der Waals surface area contributed by atoms with E-state index in [1.165, 1.54) is 0 Å². The molecule has 0 aliphatic carbocycles. The van der Waals surface area contributed by atoms with Gasteiger partial charge in [-0.2, -0.15) is 0 Å². The van der Waals surface area contributed by atoms with E-state index in [0.29, 0.717) is 0 Å². The van der Waals surface area contributed by atoms with Crippen molar-refractivity contribution in [2.75, 3.05) is 26.2 Å². The van der Waals surface area contributed by atoms with Gasteiger partial charge in [0.25, 0.3) is 5.91 Å². The molecule has 0 radical (unpaired) electrons. The molecule has 1 aliphatic heterocycles. The van der Waals surface area contributed by atoms with Crippen LogP contribution in [0.2, 0.25) is 0 Å². The standard InChI is InChI=1S/C16H22N2O3/c1-2-13-7-3-4-8-14(13)21-12-15(19)17-11-16(20)18-9-5-6-10-18/h3-4,7-8H,2,5-6,9-12H2,1H3,(H,17,19). The molecule has 1 fully saturated rings. The molecule has 1 aromatic carbocycles. The Bertz CT molecular complexity index is 496. The second-order valence-electron chi connectivity index (χ2n) is 5.11. The number of likely N-dealkylation sites (tertiary alicyclic amines) is 1. The third-order valence-electron chi connectivity index (χ3n) is 3.61. The molecule has 1 N–H and O–H groups in total. The molecule has 0 spiro atoms. The normalized spacial score (nSPS) is 14.0. The van der Waals surface area contributed by atoms with E-state index >= 15 is 0 Å². The Morgan fingerprint density at radius 2 is 1.95 bits per heavy atom. The lowest BCUT2D eigenvalue weighted by Crippen LogP contribution is -2.40. The largest absolute Gasteiger partial charge is 0.483 e. The predicted octanol–water partition coefficient (Wildman–Crippen LogP) is 1.37. The van der Waals surface area contributed by atoms with Crippen molar-refractivity contribution in [3.63, 3.8) is 0 Å². The number of para-hydroxylation sites is 1. The van der Waals surface area contributed by atoms with Gasteiger partial charge in [0.05, 0.1) is 6.54 Å². The third-order valence-corrected chi connectivity index (χ3v) is 3.61. The Hall–Kier alpha value is -2.04. The van der Waals surface area contributed by atoms with E-state index in [1.807, 2.05) is 31.2 Å². The fraction of sp³-hybridized carbons (Fsp3) is 0.500. The molecule has 21 heavy (non-hydrogen) atoms. The Balaban J connectivity index is 1.73. The topological polar surface area (TPSA) is 58.6 Å². The second-order valence-corrected chi connectivity index (χ2v) is 5.11. The highest BCUT2D eigenvalue weighted by atomic mass is 16.5. The summed E-state index contributed by atoms with van der Waals surface area (Å²) in [6, 6.07) is 7.65. The second kappa shape index (κ2) is 7.67. The van der Waals surface area contributed by atoms with Gasteiger partial charge in [0, 0.05) is 13.1 Å². The molecule has 1 saturated heterocycles. The summed E-state index contributed by atoms with van der Waals surface area (Å²) in [5, 5.41) is 2.61.